The van der Waals surface area contributed by atoms with E-state index in [1.54, 1.807) is 0 Å². The molecule has 0 aliphatic carbocycles. The van der Waals surface area contributed by atoms with E-state index in [9.17, 15) is 0 Å². The maximum atomic E-state index is 6.14. The van der Waals surface area contributed by atoms with E-state index in [4.69, 9.17) is 5.73 Å². The lowest BCUT2D eigenvalue weighted by Crippen LogP contribution is -2.60. The fourth-order valence-electron chi connectivity index (χ4n) is 3.32. The molecule has 100 valence electrons. The number of thioether (sulfide) groups is 1. The van der Waals surface area contributed by atoms with Crippen molar-refractivity contribution in [1.29, 1.82) is 0 Å². The van der Waals surface area contributed by atoms with Gasteiger partial charge in [0.05, 0.1) is 0 Å². The van der Waals surface area contributed by atoms with Gasteiger partial charge < -0.3 is 10.6 Å². The minimum Gasteiger partial charge on any atom is -0.329 e. The highest BCUT2D eigenvalue weighted by Crippen LogP contribution is 2.37. The Hall–Kier alpha value is 0.230. The van der Waals surface area contributed by atoms with Crippen LogP contribution in [0.25, 0.3) is 0 Å². The highest BCUT2D eigenvalue weighted by Gasteiger charge is 2.46. The largest absolute Gasteiger partial charge is 0.329 e. The van der Waals surface area contributed by atoms with E-state index in [0.29, 0.717) is 10.8 Å². The topological polar surface area (TPSA) is 32.5 Å². The molecular weight excluding hydrogens is 230 g/mol. The van der Waals surface area contributed by atoms with Crippen LogP contribution in [-0.2, 0) is 0 Å². The molecule has 0 aromatic carbocycles. The van der Waals surface area contributed by atoms with Crippen molar-refractivity contribution >= 4 is 11.8 Å². The van der Waals surface area contributed by atoms with E-state index < -0.39 is 0 Å². The van der Waals surface area contributed by atoms with Crippen molar-refractivity contribution in [3.05, 3.63) is 0 Å². The highest BCUT2D eigenvalue weighted by atomic mass is 32.2. The number of hydrogen-bond acceptors (Lipinski definition) is 4. The summed E-state index contributed by atoms with van der Waals surface area (Å²) in [4.78, 5) is 5.13. The summed E-state index contributed by atoms with van der Waals surface area (Å²) >= 11 is 2.10. The van der Waals surface area contributed by atoms with E-state index in [1.807, 2.05) is 0 Å². The number of hydrogen-bond donors (Lipinski definition) is 1. The Balaban J connectivity index is 2.13. The van der Waals surface area contributed by atoms with Crippen LogP contribution in [-0.4, -0.2) is 65.1 Å². The molecule has 2 aliphatic rings. The van der Waals surface area contributed by atoms with Gasteiger partial charge in [-0.25, -0.2) is 0 Å². The van der Waals surface area contributed by atoms with Gasteiger partial charge in [0.2, 0.25) is 0 Å². The second-order valence-corrected chi connectivity index (χ2v) is 8.23. The molecule has 17 heavy (non-hydrogen) atoms. The minimum atomic E-state index is 0.229. The van der Waals surface area contributed by atoms with Crippen LogP contribution in [0.4, 0.5) is 0 Å². The summed E-state index contributed by atoms with van der Waals surface area (Å²) in [6.07, 6.45) is 1.22. The van der Waals surface area contributed by atoms with Gasteiger partial charge in [-0.15, -0.1) is 0 Å². The van der Waals surface area contributed by atoms with Crippen LogP contribution in [0, 0.1) is 0 Å². The predicted octanol–water partition coefficient (Wildman–Crippen LogP) is 1.24. The van der Waals surface area contributed by atoms with Crippen LogP contribution >= 0.6 is 11.8 Å². The highest BCUT2D eigenvalue weighted by molar-refractivity contribution is 8.00. The van der Waals surface area contributed by atoms with Crippen molar-refractivity contribution in [2.75, 3.05) is 39.0 Å². The zero-order valence-corrected chi connectivity index (χ0v) is 12.5. The van der Waals surface area contributed by atoms with Crippen molar-refractivity contribution in [3.8, 4) is 0 Å². The molecule has 2 unspecified atom stereocenters. The lowest BCUT2D eigenvalue weighted by Gasteiger charge is -2.47. The summed E-state index contributed by atoms with van der Waals surface area (Å²) in [5, 5.41) is 0. The van der Waals surface area contributed by atoms with Gasteiger partial charge in [-0.2, -0.15) is 11.8 Å². The van der Waals surface area contributed by atoms with Crippen molar-refractivity contribution in [2.45, 2.75) is 43.5 Å². The number of nitrogens with zero attached hydrogens (tertiary/aromatic N) is 2. The summed E-state index contributed by atoms with van der Waals surface area (Å²) in [7, 11) is 2.23. The second kappa shape index (κ2) is 4.72. The molecule has 2 fully saturated rings. The molecule has 2 rings (SSSR count). The van der Waals surface area contributed by atoms with Gasteiger partial charge in [0, 0.05) is 48.3 Å². The first-order valence-electron chi connectivity index (χ1n) is 6.68. The normalized spacial score (nSPS) is 39.7. The average Bonchev–Trinajstić information content (AvgIpc) is 2.55. The van der Waals surface area contributed by atoms with Crippen molar-refractivity contribution in [2.24, 2.45) is 5.73 Å². The molecule has 0 spiro atoms. The van der Waals surface area contributed by atoms with E-state index in [2.05, 4.69) is 49.4 Å². The number of likely N-dealkylation sites (N-methyl/N-ethyl adjacent to an activating group) is 1. The molecule has 2 atom stereocenters. The summed E-state index contributed by atoms with van der Waals surface area (Å²) < 4.78 is 0.380. The number of nitrogens with two attached hydrogens (primary N) is 1. The molecule has 2 N–H and O–H groups in total. The monoisotopic (exact) mass is 257 g/mol. The molecule has 2 heterocycles. The molecule has 2 saturated heterocycles. The third-order valence-corrected chi connectivity index (χ3v) is 5.75. The summed E-state index contributed by atoms with van der Waals surface area (Å²) in [5.41, 5.74) is 6.37. The van der Waals surface area contributed by atoms with E-state index in [-0.39, 0.29) is 5.54 Å². The lowest BCUT2D eigenvalue weighted by atomic mass is 9.92. The zero-order chi connectivity index (χ0) is 12.7. The SMILES string of the molecule is CC1CC(CN)(N2CCSC(C)(C)C2)CN1C. The first-order valence-corrected chi connectivity index (χ1v) is 7.66. The molecular formula is C13H27N3S. The van der Waals surface area contributed by atoms with Crippen molar-refractivity contribution in [1.82, 2.24) is 9.80 Å². The van der Waals surface area contributed by atoms with Crippen molar-refractivity contribution in [3.63, 3.8) is 0 Å². The minimum absolute atomic E-state index is 0.229. The Morgan fingerprint density at radius 3 is 2.53 bits per heavy atom. The van der Waals surface area contributed by atoms with Crippen LogP contribution in [0.1, 0.15) is 27.2 Å². The Morgan fingerprint density at radius 2 is 2.06 bits per heavy atom. The van der Waals surface area contributed by atoms with Gasteiger partial charge in [0.1, 0.15) is 0 Å². The fourth-order valence-corrected chi connectivity index (χ4v) is 4.43. The van der Waals surface area contributed by atoms with E-state index in [0.717, 1.165) is 13.1 Å². The first-order chi connectivity index (χ1) is 7.88. The molecule has 0 bridgehead atoms. The third kappa shape index (κ3) is 2.65. The number of likely N-dealkylation sites (tertiary alicyclic amines) is 1. The molecule has 0 radical (unpaired) electrons. The summed E-state index contributed by atoms with van der Waals surface area (Å²) in [6.45, 7) is 11.3. The quantitative estimate of drug-likeness (QED) is 0.807. The molecule has 4 heteroatoms. The van der Waals surface area contributed by atoms with Crippen LogP contribution in [0.15, 0.2) is 0 Å². The van der Waals surface area contributed by atoms with Gasteiger partial charge in [0.15, 0.2) is 0 Å². The van der Waals surface area contributed by atoms with Gasteiger partial charge in [-0.3, -0.25) is 4.90 Å². The van der Waals surface area contributed by atoms with Gasteiger partial charge in [-0.1, -0.05) is 0 Å². The third-order valence-electron chi connectivity index (χ3n) is 4.45. The molecule has 0 saturated carbocycles. The Labute approximate surface area is 110 Å². The molecule has 0 aromatic heterocycles. The average molecular weight is 257 g/mol. The molecule has 0 amide bonds. The smallest absolute Gasteiger partial charge is 0.0474 e. The second-order valence-electron chi connectivity index (χ2n) is 6.43. The Morgan fingerprint density at radius 1 is 1.35 bits per heavy atom. The summed E-state index contributed by atoms with van der Waals surface area (Å²) in [5.74, 6) is 1.24. The van der Waals surface area contributed by atoms with Crippen LogP contribution < -0.4 is 5.73 Å². The Kier molecular flexibility index (Phi) is 3.79. The molecule has 3 nitrogen and oxygen atoms in total. The number of rotatable bonds is 2. The van der Waals surface area contributed by atoms with Gasteiger partial charge in [0.25, 0.3) is 0 Å². The zero-order valence-electron chi connectivity index (χ0n) is 11.7. The van der Waals surface area contributed by atoms with Crippen LogP contribution in [0.3, 0.4) is 0 Å². The lowest BCUT2D eigenvalue weighted by molar-refractivity contribution is 0.0957. The van der Waals surface area contributed by atoms with E-state index in [1.165, 1.54) is 25.3 Å². The standard InChI is InChI=1S/C13H27N3S/c1-11-7-13(8-14,10-15(11)4)16-5-6-17-12(2,3)9-16/h11H,5-10,14H2,1-4H3. The van der Waals surface area contributed by atoms with Gasteiger partial charge in [-0.05, 0) is 34.2 Å². The first kappa shape index (κ1) is 13.7. The predicted molar refractivity (Wildman–Crippen MR) is 76.6 cm³/mol. The van der Waals surface area contributed by atoms with Crippen LogP contribution in [0.2, 0.25) is 0 Å². The van der Waals surface area contributed by atoms with Crippen molar-refractivity contribution < 1.29 is 0 Å². The fraction of sp³-hybridized carbons (Fsp3) is 1.00. The molecule has 0 aromatic rings. The Bertz CT molecular complexity index is 270. The van der Waals surface area contributed by atoms with Crippen LogP contribution in [0.5, 0.6) is 0 Å². The maximum Gasteiger partial charge on any atom is 0.0474 e. The van der Waals surface area contributed by atoms with Gasteiger partial charge >= 0.3 is 0 Å². The summed E-state index contributed by atoms with van der Waals surface area (Å²) in [6, 6.07) is 0.663. The maximum absolute atomic E-state index is 6.14. The van der Waals surface area contributed by atoms with E-state index >= 15 is 0 Å². The molecule has 2 aliphatic heterocycles.